The van der Waals surface area contributed by atoms with E-state index in [2.05, 4.69) is 39.0 Å². The Morgan fingerprint density at radius 3 is 2.21 bits per heavy atom. The second-order valence-corrected chi connectivity index (χ2v) is 8.13. The first-order valence-corrected chi connectivity index (χ1v) is 11.0. The van der Waals surface area contributed by atoms with Crippen LogP contribution in [0, 0.1) is 19.8 Å². The monoisotopic (exact) mass is 382 g/mol. The van der Waals surface area contributed by atoms with Crippen LogP contribution in [0.3, 0.4) is 0 Å². The maximum Gasteiger partial charge on any atom is 0.119 e. The molecule has 1 N–H and O–H groups in total. The summed E-state index contributed by atoms with van der Waals surface area (Å²) in [5.41, 5.74) is 5.18. The van der Waals surface area contributed by atoms with Gasteiger partial charge in [-0.3, -0.25) is 0 Å². The van der Waals surface area contributed by atoms with Crippen LogP contribution in [0.1, 0.15) is 74.1 Å². The fourth-order valence-corrected chi connectivity index (χ4v) is 3.73. The van der Waals surface area contributed by atoms with Gasteiger partial charge in [0.15, 0.2) is 0 Å². The molecule has 0 aliphatic carbocycles. The van der Waals surface area contributed by atoms with Gasteiger partial charge in [-0.15, -0.1) is 0 Å². The van der Waals surface area contributed by atoms with Crippen LogP contribution in [0.5, 0.6) is 5.75 Å². The molecule has 2 rings (SSSR count). The second-order valence-electron chi connectivity index (χ2n) is 8.13. The van der Waals surface area contributed by atoms with E-state index >= 15 is 0 Å². The van der Waals surface area contributed by atoms with E-state index in [1.807, 2.05) is 24.3 Å². The first-order valence-electron chi connectivity index (χ1n) is 11.0. The molecule has 1 atom stereocenters. The van der Waals surface area contributed by atoms with Gasteiger partial charge in [0.25, 0.3) is 0 Å². The SMILES string of the molecule is CCCCCC[C@@H](CCCOc1ccc(CO)cc1)Cc1ccc(C)c(C)c1. The molecule has 28 heavy (non-hydrogen) atoms. The number of aryl methyl sites for hydroxylation is 2. The number of ether oxygens (including phenoxy) is 1. The molecule has 0 aromatic heterocycles. The third-order valence-electron chi connectivity index (χ3n) is 5.69. The average molecular weight is 383 g/mol. The van der Waals surface area contributed by atoms with Gasteiger partial charge in [-0.05, 0) is 73.4 Å². The Bertz CT molecular complexity index is 675. The van der Waals surface area contributed by atoms with Crippen molar-refractivity contribution in [3.05, 3.63) is 64.7 Å². The summed E-state index contributed by atoms with van der Waals surface area (Å²) in [6.45, 7) is 7.52. The fraction of sp³-hybridized carbons (Fsp3) is 0.538. The number of benzene rings is 2. The number of hydrogen-bond acceptors (Lipinski definition) is 2. The van der Waals surface area contributed by atoms with Crippen molar-refractivity contribution in [1.82, 2.24) is 0 Å². The summed E-state index contributed by atoms with van der Waals surface area (Å²) in [5, 5.41) is 9.12. The van der Waals surface area contributed by atoms with Crippen molar-refractivity contribution >= 4 is 0 Å². The van der Waals surface area contributed by atoms with Crippen molar-refractivity contribution in [1.29, 1.82) is 0 Å². The maximum absolute atomic E-state index is 9.12. The molecule has 0 bridgehead atoms. The van der Waals surface area contributed by atoms with Gasteiger partial charge in [0.05, 0.1) is 13.2 Å². The van der Waals surface area contributed by atoms with Gasteiger partial charge in [-0.25, -0.2) is 0 Å². The molecular weight excluding hydrogens is 344 g/mol. The normalized spacial score (nSPS) is 12.1. The van der Waals surface area contributed by atoms with Gasteiger partial charge in [0.2, 0.25) is 0 Å². The van der Waals surface area contributed by atoms with Crippen molar-refractivity contribution in [2.75, 3.05) is 6.61 Å². The van der Waals surface area contributed by atoms with E-state index < -0.39 is 0 Å². The number of rotatable bonds is 13. The lowest BCUT2D eigenvalue weighted by Crippen LogP contribution is -2.08. The highest BCUT2D eigenvalue weighted by atomic mass is 16.5. The molecule has 2 nitrogen and oxygen atoms in total. The minimum Gasteiger partial charge on any atom is -0.494 e. The van der Waals surface area contributed by atoms with Crippen molar-refractivity contribution in [3.8, 4) is 5.75 Å². The van der Waals surface area contributed by atoms with Gasteiger partial charge in [-0.1, -0.05) is 69.4 Å². The van der Waals surface area contributed by atoms with Crippen LogP contribution in [-0.4, -0.2) is 11.7 Å². The van der Waals surface area contributed by atoms with Gasteiger partial charge >= 0.3 is 0 Å². The smallest absolute Gasteiger partial charge is 0.119 e. The molecule has 0 spiro atoms. The van der Waals surface area contributed by atoms with E-state index in [1.54, 1.807) is 0 Å². The highest BCUT2D eigenvalue weighted by Crippen LogP contribution is 2.23. The Labute approximate surface area is 172 Å². The Balaban J connectivity index is 1.82. The van der Waals surface area contributed by atoms with Crippen LogP contribution in [0.15, 0.2) is 42.5 Å². The summed E-state index contributed by atoms with van der Waals surface area (Å²) in [7, 11) is 0. The van der Waals surface area contributed by atoms with Gasteiger partial charge in [-0.2, -0.15) is 0 Å². The van der Waals surface area contributed by atoms with Crippen molar-refractivity contribution < 1.29 is 9.84 Å². The van der Waals surface area contributed by atoms with E-state index in [1.165, 1.54) is 61.6 Å². The molecule has 0 fully saturated rings. The quantitative estimate of drug-likeness (QED) is 0.387. The van der Waals surface area contributed by atoms with Crippen LogP contribution in [0.4, 0.5) is 0 Å². The standard InChI is InChI=1S/C26H38O2/c1-4-5-6-7-9-23(19-25-12-11-21(2)22(3)18-25)10-8-17-28-26-15-13-24(20-27)14-16-26/h11-16,18,23,27H,4-10,17,19-20H2,1-3H3/t23-/m0/s1. The predicted octanol–water partition coefficient (Wildman–Crippen LogP) is 6.78. The van der Waals surface area contributed by atoms with Crippen molar-refractivity contribution in [2.45, 2.75) is 78.7 Å². The van der Waals surface area contributed by atoms with Crippen LogP contribution < -0.4 is 4.74 Å². The summed E-state index contributed by atoms with van der Waals surface area (Å²) in [4.78, 5) is 0. The van der Waals surface area contributed by atoms with Crippen LogP contribution in [-0.2, 0) is 13.0 Å². The third kappa shape index (κ3) is 8.06. The molecule has 0 heterocycles. The van der Waals surface area contributed by atoms with E-state index in [4.69, 9.17) is 9.84 Å². The van der Waals surface area contributed by atoms with E-state index in [-0.39, 0.29) is 6.61 Å². The molecule has 2 heteroatoms. The Hall–Kier alpha value is -1.80. The predicted molar refractivity (Wildman–Crippen MR) is 119 cm³/mol. The first-order chi connectivity index (χ1) is 13.6. The van der Waals surface area contributed by atoms with Crippen molar-refractivity contribution in [2.24, 2.45) is 5.92 Å². The first kappa shape index (κ1) is 22.5. The zero-order valence-electron chi connectivity index (χ0n) is 18.0. The molecule has 0 saturated carbocycles. The Kier molecular flexibility index (Phi) is 10.1. The minimum atomic E-state index is 0.0818. The largest absolute Gasteiger partial charge is 0.494 e. The topological polar surface area (TPSA) is 29.5 Å². The Morgan fingerprint density at radius 1 is 0.821 bits per heavy atom. The molecule has 154 valence electrons. The number of aliphatic hydroxyl groups is 1. The van der Waals surface area contributed by atoms with Crippen LogP contribution >= 0.6 is 0 Å². The van der Waals surface area contributed by atoms with Gasteiger partial charge in [0, 0.05) is 0 Å². The molecule has 0 unspecified atom stereocenters. The fourth-order valence-electron chi connectivity index (χ4n) is 3.73. The van der Waals surface area contributed by atoms with E-state index in [9.17, 15) is 0 Å². The summed E-state index contributed by atoms with van der Waals surface area (Å²) in [6, 6.07) is 14.7. The lowest BCUT2D eigenvalue weighted by Gasteiger charge is -2.18. The molecule has 2 aromatic rings. The zero-order valence-corrected chi connectivity index (χ0v) is 18.0. The third-order valence-corrected chi connectivity index (χ3v) is 5.69. The van der Waals surface area contributed by atoms with E-state index in [0.29, 0.717) is 0 Å². The van der Waals surface area contributed by atoms with Crippen LogP contribution in [0.25, 0.3) is 0 Å². The highest BCUT2D eigenvalue weighted by Gasteiger charge is 2.11. The lowest BCUT2D eigenvalue weighted by molar-refractivity contribution is 0.279. The zero-order chi connectivity index (χ0) is 20.2. The minimum absolute atomic E-state index is 0.0818. The molecular formula is C26H38O2. The van der Waals surface area contributed by atoms with Crippen molar-refractivity contribution in [3.63, 3.8) is 0 Å². The Morgan fingerprint density at radius 2 is 1.54 bits per heavy atom. The summed E-state index contributed by atoms with van der Waals surface area (Å²) >= 11 is 0. The summed E-state index contributed by atoms with van der Waals surface area (Å²) < 4.78 is 5.90. The lowest BCUT2D eigenvalue weighted by atomic mass is 9.89. The molecule has 2 aromatic carbocycles. The summed E-state index contributed by atoms with van der Waals surface area (Å²) in [5.74, 6) is 1.63. The molecule has 0 amide bonds. The molecule has 0 aliphatic heterocycles. The highest BCUT2D eigenvalue weighted by molar-refractivity contribution is 5.30. The van der Waals surface area contributed by atoms with E-state index in [0.717, 1.165) is 30.3 Å². The molecule has 0 radical (unpaired) electrons. The number of aliphatic hydroxyl groups excluding tert-OH is 1. The summed E-state index contributed by atoms with van der Waals surface area (Å²) in [6.07, 6.45) is 10.1. The number of unbranched alkanes of at least 4 members (excludes halogenated alkanes) is 3. The van der Waals surface area contributed by atoms with Crippen LogP contribution in [0.2, 0.25) is 0 Å². The maximum atomic E-state index is 9.12. The second kappa shape index (κ2) is 12.6. The number of hydrogen-bond donors (Lipinski definition) is 1. The van der Waals surface area contributed by atoms with Gasteiger partial charge in [0.1, 0.15) is 5.75 Å². The van der Waals surface area contributed by atoms with Gasteiger partial charge < -0.3 is 9.84 Å². The average Bonchev–Trinajstić information content (AvgIpc) is 2.71. The molecule has 0 aliphatic rings. The molecule has 0 saturated heterocycles.